The lowest BCUT2D eigenvalue weighted by molar-refractivity contribution is -0.125. The number of halogens is 1. The molecular formula is C16H22ClN5O3. The van der Waals surface area contributed by atoms with Gasteiger partial charge in [0.1, 0.15) is 6.04 Å². The van der Waals surface area contributed by atoms with E-state index in [0.29, 0.717) is 13.0 Å². The zero-order chi connectivity index (χ0) is 18.1. The number of aryl methyl sites for hydroxylation is 1. The van der Waals surface area contributed by atoms with E-state index in [1.54, 1.807) is 13.2 Å². The van der Waals surface area contributed by atoms with Crippen LogP contribution in [0.2, 0.25) is 5.02 Å². The van der Waals surface area contributed by atoms with E-state index in [0.717, 1.165) is 12.8 Å². The Morgan fingerprint density at radius 1 is 1.32 bits per heavy atom. The molecule has 2 aliphatic rings. The first-order chi connectivity index (χ1) is 11.9. The first kappa shape index (κ1) is 17.7. The Kier molecular flexibility index (Phi) is 4.99. The van der Waals surface area contributed by atoms with Crippen molar-refractivity contribution in [3.8, 4) is 0 Å². The van der Waals surface area contributed by atoms with Crippen LogP contribution < -0.4 is 10.6 Å². The number of nitrogens with zero attached hydrogens (tertiary/aromatic N) is 3. The van der Waals surface area contributed by atoms with Crippen LogP contribution in [0.15, 0.2) is 6.20 Å². The number of carbonyl (C=O) groups excluding carboxylic acids is 3. The molecule has 0 aromatic carbocycles. The standard InChI is InChI=1S/C16H22ClN5O3/c1-3-18-15(24)12-6-10(19-14(23)9-4-5-9)7-22(12)16(25)13-11(17)8-21(2)20-13/h8-10,12H,3-7H2,1-2H3,(H,18,24)(H,19,23). The summed E-state index contributed by atoms with van der Waals surface area (Å²) in [5, 5.41) is 10.0. The summed E-state index contributed by atoms with van der Waals surface area (Å²) in [7, 11) is 1.67. The minimum absolute atomic E-state index is 0.00446. The number of aromatic nitrogens is 2. The molecule has 0 spiro atoms. The van der Waals surface area contributed by atoms with Crippen molar-refractivity contribution >= 4 is 29.3 Å². The molecule has 8 nitrogen and oxygen atoms in total. The molecule has 2 heterocycles. The van der Waals surface area contributed by atoms with E-state index in [2.05, 4.69) is 15.7 Å². The predicted molar refractivity (Wildman–Crippen MR) is 91.0 cm³/mol. The van der Waals surface area contributed by atoms with Crippen molar-refractivity contribution in [1.29, 1.82) is 0 Å². The molecular weight excluding hydrogens is 346 g/mol. The van der Waals surface area contributed by atoms with Gasteiger partial charge in [0.2, 0.25) is 11.8 Å². The van der Waals surface area contributed by atoms with Crippen molar-refractivity contribution in [1.82, 2.24) is 25.3 Å². The van der Waals surface area contributed by atoms with Crippen molar-refractivity contribution in [2.24, 2.45) is 13.0 Å². The van der Waals surface area contributed by atoms with Crippen molar-refractivity contribution in [2.75, 3.05) is 13.1 Å². The monoisotopic (exact) mass is 367 g/mol. The van der Waals surface area contributed by atoms with Gasteiger partial charge in [-0.25, -0.2) is 0 Å². The third-order valence-corrected chi connectivity index (χ3v) is 4.77. The van der Waals surface area contributed by atoms with Gasteiger partial charge in [-0.3, -0.25) is 19.1 Å². The fraction of sp³-hybridized carbons (Fsp3) is 0.625. The van der Waals surface area contributed by atoms with Crippen molar-refractivity contribution in [3.05, 3.63) is 16.9 Å². The lowest BCUT2D eigenvalue weighted by Crippen LogP contribution is -2.46. The molecule has 2 unspecified atom stereocenters. The first-order valence-corrected chi connectivity index (χ1v) is 8.86. The van der Waals surface area contributed by atoms with Gasteiger partial charge in [-0.2, -0.15) is 5.10 Å². The van der Waals surface area contributed by atoms with Gasteiger partial charge in [0, 0.05) is 38.3 Å². The highest BCUT2D eigenvalue weighted by Crippen LogP contribution is 2.30. The first-order valence-electron chi connectivity index (χ1n) is 8.49. The molecule has 3 rings (SSSR count). The van der Waals surface area contributed by atoms with Crippen LogP contribution in [0, 0.1) is 5.92 Å². The second kappa shape index (κ2) is 7.03. The Morgan fingerprint density at radius 2 is 2.04 bits per heavy atom. The predicted octanol–water partition coefficient (Wildman–Crippen LogP) is 0.319. The molecule has 0 bridgehead atoms. The SMILES string of the molecule is CCNC(=O)C1CC(NC(=O)C2CC2)CN1C(=O)c1nn(C)cc1Cl. The molecule has 2 atom stereocenters. The van der Waals surface area contributed by atoms with E-state index >= 15 is 0 Å². The van der Waals surface area contributed by atoms with Gasteiger partial charge in [-0.1, -0.05) is 11.6 Å². The average molecular weight is 368 g/mol. The number of nitrogens with one attached hydrogen (secondary N) is 2. The molecule has 3 amide bonds. The van der Waals surface area contributed by atoms with Gasteiger partial charge < -0.3 is 15.5 Å². The second-order valence-electron chi connectivity index (χ2n) is 6.58. The van der Waals surface area contributed by atoms with Gasteiger partial charge in [0.05, 0.1) is 5.02 Å². The maximum absolute atomic E-state index is 12.9. The zero-order valence-corrected chi connectivity index (χ0v) is 15.0. The molecule has 1 aliphatic carbocycles. The van der Waals surface area contributed by atoms with Gasteiger partial charge in [-0.15, -0.1) is 0 Å². The van der Waals surface area contributed by atoms with Crippen LogP contribution in [0.4, 0.5) is 0 Å². The molecule has 25 heavy (non-hydrogen) atoms. The van der Waals surface area contributed by atoms with E-state index in [-0.39, 0.29) is 41.0 Å². The van der Waals surface area contributed by atoms with Crippen LogP contribution in [-0.4, -0.2) is 57.6 Å². The summed E-state index contributed by atoms with van der Waals surface area (Å²) in [5.74, 6) is -0.543. The summed E-state index contributed by atoms with van der Waals surface area (Å²) in [4.78, 5) is 38.7. The Hall–Kier alpha value is -2.09. The molecule has 1 aliphatic heterocycles. The molecule has 1 aromatic heterocycles. The Bertz CT molecular complexity index is 700. The third-order valence-electron chi connectivity index (χ3n) is 4.50. The van der Waals surface area contributed by atoms with Crippen LogP contribution in [0.1, 0.15) is 36.7 Å². The molecule has 1 saturated heterocycles. The number of likely N-dealkylation sites (N-methyl/N-ethyl adjacent to an activating group) is 1. The normalized spacial score (nSPS) is 22.8. The van der Waals surface area contributed by atoms with Gasteiger partial charge >= 0.3 is 0 Å². The van der Waals surface area contributed by atoms with Crippen molar-refractivity contribution in [2.45, 2.75) is 38.3 Å². The lowest BCUT2D eigenvalue weighted by atomic mass is 10.1. The lowest BCUT2D eigenvalue weighted by Gasteiger charge is -2.22. The number of rotatable bonds is 5. The van der Waals surface area contributed by atoms with Crippen molar-refractivity contribution < 1.29 is 14.4 Å². The fourth-order valence-electron chi connectivity index (χ4n) is 3.11. The number of amides is 3. The third kappa shape index (κ3) is 3.78. The maximum atomic E-state index is 12.9. The molecule has 1 aromatic rings. The largest absolute Gasteiger partial charge is 0.355 e. The minimum Gasteiger partial charge on any atom is -0.355 e. The fourth-order valence-corrected chi connectivity index (χ4v) is 3.37. The van der Waals surface area contributed by atoms with Crippen LogP contribution in [0.25, 0.3) is 0 Å². The second-order valence-corrected chi connectivity index (χ2v) is 6.99. The molecule has 0 radical (unpaired) electrons. The Balaban J connectivity index is 1.77. The van der Waals surface area contributed by atoms with E-state index in [9.17, 15) is 14.4 Å². The zero-order valence-electron chi connectivity index (χ0n) is 14.3. The van der Waals surface area contributed by atoms with E-state index in [4.69, 9.17) is 11.6 Å². The molecule has 1 saturated carbocycles. The Labute approximate surface area is 150 Å². The van der Waals surface area contributed by atoms with Gasteiger partial charge in [0.15, 0.2) is 5.69 Å². The minimum atomic E-state index is -0.643. The number of hydrogen-bond donors (Lipinski definition) is 2. The van der Waals surface area contributed by atoms with Crippen LogP contribution in [0.5, 0.6) is 0 Å². The average Bonchev–Trinajstić information content (AvgIpc) is 3.24. The van der Waals surface area contributed by atoms with E-state index < -0.39 is 11.9 Å². The number of carbonyl (C=O) groups is 3. The number of likely N-dealkylation sites (tertiary alicyclic amines) is 1. The van der Waals surface area contributed by atoms with Crippen LogP contribution in [0.3, 0.4) is 0 Å². The summed E-state index contributed by atoms with van der Waals surface area (Å²) in [6, 6.07) is -0.887. The summed E-state index contributed by atoms with van der Waals surface area (Å²) >= 11 is 6.08. The number of hydrogen-bond acceptors (Lipinski definition) is 4. The Morgan fingerprint density at radius 3 is 2.60 bits per heavy atom. The van der Waals surface area contributed by atoms with E-state index in [1.165, 1.54) is 9.58 Å². The highest BCUT2D eigenvalue weighted by Gasteiger charge is 2.42. The summed E-state index contributed by atoms with van der Waals surface area (Å²) in [6.45, 7) is 2.56. The molecule has 2 fully saturated rings. The molecule has 9 heteroatoms. The summed E-state index contributed by atoms with van der Waals surface area (Å²) in [6.07, 6.45) is 3.74. The highest BCUT2D eigenvalue weighted by molar-refractivity contribution is 6.33. The van der Waals surface area contributed by atoms with Gasteiger partial charge in [-0.05, 0) is 26.2 Å². The van der Waals surface area contributed by atoms with E-state index in [1.807, 2.05) is 6.92 Å². The summed E-state index contributed by atoms with van der Waals surface area (Å²) < 4.78 is 1.46. The van der Waals surface area contributed by atoms with Crippen LogP contribution in [-0.2, 0) is 16.6 Å². The molecule has 2 N–H and O–H groups in total. The van der Waals surface area contributed by atoms with Crippen molar-refractivity contribution in [3.63, 3.8) is 0 Å². The smallest absolute Gasteiger partial charge is 0.276 e. The highest BCUT2D eigenvalue weighted by atomic mass is 35.5. The van der Waals surface area contributed by atoms with Crippen LogP contribution >= 0.6 is 11.6 Å². The maximum Gasteiger partial charge on any atom is 0.276 e. The molecule has 136 valence electrons. The topological polar surface area (TPSA) is 96.3 Å². The summed E-state index contributed by atoms with van der Waals surface area (Å²) in [5.41, 5.74) is 0.118. The quantitative estimate of drug-likeness (QED) is 0.783. The van der Waals surface area contributed by atoms with Gasteiger partial charge in [0.25, 0.3) is 5.91 Å².